The van der Waals surface area contributed by atoms with Crippen LogP contribution in [0.1, 0.15) is 39.5 Å². The lowest BCUT2D eigenvalue weighted by Crippen LogP contribution is -2.40. The molecule has 1 atom stereocenters. The van der Waals surface area contributed by atoms with Crippen molar-refractivity contribution in [2.24, 2.45) is 0 Å². The molecule has 0 amide bonds. The summed E-state index contributed by atoms with van der Waals surface area (Å²) in [6.45, 7) is 6.31. The Bertz CT molecular complexity index is 278. The zero-order valence-electron chi connectivity index (χ0n) is 10.4. The molecule has 0 bridgehead atoms. The van der Waals surface area contributed by atoms with Crippen LogP contribution in [0.25, 0.3) is 0 Å². The largest absolute Gasteiger partial charge is 0.313 e. The Morgan fingerprint density at radius 3 is 2.31 bits per heavy atom. The van der Waals surface area contributed by atoms with E-state index in [1.54, 1.807) is 4.31 Å². The third kappa shape index (κ3) is 4.03. The quantitative estimate of drug-likeness (QED) is 0.736. The van der Waals surface area contributed by atoms with Crippen LogP contribution in [0, 0.1) is 0 Å². The van der Waals surface area contributed by atoms with Crippen LogP contribution in [0.5, 0.6) is 0 Å². The first-order valence-electron chi connectivity index (χ1n) is 6.31. The van der Waals surface area contributed by atoms with E-state index >= 15 is 0 Å². The second kappa shape index (κ2) is 6.57. The molecule has 4 nitrogen and oxygen atoms in total. The van der Waals surface area contributed by atoms with Crippen LogP contribution in [0.2, 0.25) is 0 Å². The molecule has 5 heteroatoms. The van der Waals surface area contributed by atoms with Crippen LogP contribution in [0.4, 0.5) is 0 Å². The molecule has 16 heavy (non-hydrogen) atoms. The van der Waals surface area contributed by atoms with Gasteiger partial charge < -0.3 is 5.32 Å². The van der Waals surface area contributed by atoms with Gasteiger partial charge in [-0.1, -0.05) is 13.8 Å². The molecule has 0 aromatic carbocycles. The van der Waals surface area contributed by atoms with Crippen molar-refractivity contribution in [3.05, 3.63) is 0 Å². The van der Waals surface area contributed by atoms with Gasteiger partial charge >= 0.3 is 0 Å². The zero-order valence-corrected chi connectivity index (χ0v) is 11.2. The number of nitrogens with one attached hydrogen (secondary N) is 1. The maximum Gasteiger partial charge on any atom is 0.215 e. The van der Waals surface area contributed by atoms with E-state index in [0.717, 1.165) is 32.2 Å². The summed E-state index contributed by atoms with van der Waals surface area (Å²) in [6.07, 6.45) is 3.86. The Hall–Kier alpha value is -0.130. The molecule has 0 radical (unpaired) electrons. The lowest BCUT2D eigenvalue weighted by molar-refractivity contribution is 0.406. The van der Waals surface area contributed by atoms with Gasteiger partial charge in [0, 0.05) is 19.1 Å². The predicted octanol–water partition coefficient (Wildman–Crippen LogP) is 1.19. The molecular weight excluding hydrogens is 224 g/mol. The molecule has 1 aliphatic heterocycles. The lowest BCUT2D eigenvalue weighted by atomic mass is 10.3. The molecule has 0 aromatic heterocycles. The normalized spacial score (nSPS) is 21.8. The number of nitrogens with zero attached hydrogens (tertiary/aromatic N) is 1. The predicted molar refractivity (Wildman–Crippen MR) is 67.0 cm³/mol. The lowest BCUT2D eigenvalue weighted by Gasteiger charge is -2.22. The highest BCUT2D eigenvalue weighted by atomic mass is 32.2. The number of rotatable bonds is 7. The Balaban J connectivity index is 2.57. The molecule has 1 heterocycles. The van der Waals surface area contributed by atoms with Crippen molar-refractivity contribution in [1.29, 1.82) is 0 Å². The summed E-state index contributed by atoms with van der Waals surface area (Å²) in [7, 11) is -3.06. The van der Waals surface area contributed by atoms with Gasteiger partial charge in [0.15, 0.2) is 0 Å². The number of hydrogen-bond acceptors (Lipinski definition) is 3. The topological polar surface area (TPSA) is 49.4 Å². The average Bonchev–Trinajstić information content (AvgIpc) is 2.69. The van der Waals surface area contributed by atoms with E-state index in [-0.39, 0.29) is 11.8 Å². The third-order valence-corrected chi connectivity index (χ3v) is 4.89. The van der Waals surface area contributed by atoms with Crippen LogP contribution in [-0.4, -0.2) is 44.2 Å². The van der Waals surface area contributed by atoms with Crippen molar-refractivity contribution in [1.82, 2.24) is 9.62 Å². The number of hydrogen-bond donors (Lipinski definition) is 1. The fraction of sp³-hybridized carbons (Fsp3) is 1.00. The second-order valence-electron chi connectivity index (χ2n) is 4.47. The van der Waals surface area contributed by atoms with Gasteiger partial charge in [0.2, 0.25) is 10.0 Å². The van der Waals surface area contributed by atoms with Gasteiger partial charge in [0.25, 0.3) is 0 Å². The van der Waals surface area contributed by atoms with Gasteiger partial charge in [0.05, 0.1) is 5.75 Å². The Labute approximate surface area is 99.5 Å². The summed E-state index contributed by atoms with van der Waals surface area (Å²) in [4.78, 5) is 0. The van der Waals surface area contributed by atoms with Crippen LogP contribution < -0.4 is 5.32 Å². The summed E-state index contributed by atoms with van der Waals surface area (Å²) in [6, 6.07) is 0.168. The molecule has 1 unspecified atom stereocenters. The highest BCUT2D eigenvalue weighted by Crippen LogP contribution is 2.12. The Kier molecular flexibility index (Phi) is 5.72. The first kappa shape index (κ1) is 13.9. The van der Waals surface area contributed by atoms with Crippen molar-refractivity contribution in [2.75, 3.05) is 25.4 Å². The van der Waals surface area contributed by atoms with Gasteiger partial charge in [-0.2, -0.15) is 0 Å². The zero-order chi connectivity index (χ0) is 12.0. The van der Waals surface area contributed by atoms with Crippen LogP contribution in [0.3, 0.4) is 0 Å². The first-order valence-corrected chi connectivity index (χ1v) is 7.92. The smallest absolute Gasteiger partial charge is 0.215 e. The number of sulfonamides is 1. The molecular formula is C11H24N2O2S. The van der Waals surface area contributed by atoms with E-state index in [1.165, 1.54) is 0 Å². The second-order valence-corrected chi connectivity index (χ2v) is 6.48. The van der Waals surface area contributed by atoms with Crippen LogP contribution in [0.15, 0.2) is 0 Å². The summed E-state index contributed by atoms with van der Waals surface area (Å²) >= 11 is 0. The standard InChI is InChI=1S/C11H24N2O2S/c1-3-8-13(9-4-2)16(14,15)10-11-6-5-7-12-11/h11-12H,3-10H2,1-2H3. The van der Waals surface area contributed by atoms with E-state index in [0.29, 0.717) is 13.1 Å². The third-order valence-electron chi connectivity index (χ3n) is 2.91. The summed E-state index contributed by atoms with van der Waals surface area (Å²) in [5.41, 5.74) is 0. The van der Waals surface area contributed by atoms with Crippen LogP contribution in [-0.2, 0) is 10.0 Å². The molecule has 1 fully saturated rings. The summed E-state index contributed by atoms with van der Waals surface area (Å²) in [5, 5.41) is 3.25. The van der Waals surface area contributed by atoms with Crippen molar-refractivity contribution >= 4 is 10.0 Å². The molecule has 0 aliphatic carbocycles. The maximum absolute atomic E-state index is 12.2. The van der Waals surface area contributed by atoms with E-state index in [1.807, 2.05) is 13.8 Å². The first-order chi connectivity index (χ1) is 7.60. The van der Waals surface area contributed by atoms with Crippen molar-refractivity contribution < 1.29 is 8.42 Å². The van der Waals surface area contributed by atoms with Gasteiger partial charge in [-0.05, 0) is 32.2 Å². The highest BCUT2D eigenvalue weighted by Gasteiger charge is 2.26. The maximum atomic E-state index is 12.2. The van der Waals surface area contributed by atoms with E-state index in [2.05, 4.69) is 5.32 Å². The average molecular weight is 248 g/mol. The molecule has 1 N–H and O–H groups in total. The molecule has 1 rings (SSSR count). The van der Waals surface area contributed by atoms with E-state index < -0.39 is 10.0 Å². The molecule has 0 saturated carbocycles. The van der Waals surface area contributed by atoms with E-state index in [9.17, 15) is 8.42 Å². The minimum atomic E-state index is -3.06. The van der Waals surface area contributed by atoms with Gasteiger partial charge in [-0.25, -0.2) is 12.7 Å². The Morgan fingerprint density at radius 2 is 1.88 bits per heavy atom. The van der Waals surface area contributed by atoms with Crippen molar-refractivity contribution in [2.45, 2.75) is 45.6 Å². The van der Waals surface area contributed by atoms with Gasteiger partial charge in [0.1, 0.15) is 0 Å². The van der Waals surface area contributed by atoms with Crippen molar-refractivity contribution in [3.63, 3.8) is 0 Å². The SMILES string of the molecule is CCCN(CCC)S(=O)(=O)CC1CCCN1. The Morgan fingerprint density at radius 1 is 1.25 bits per heavy atom. The molecule has 0 aromatic rings. The van der Waals surface area contributed by atoms with Gasteiger partial charge in [-0.15, -0.1) is 0 Å². The minimum Gasteiger partial charge on any atom is -0.313 e. The van der Waals surface area contributed by atoms with Gasteiger partial charge in [-0.3, -0.25) is 0 Å². The molecule has 1 aliphatic rings. The fourth-order valence-corrected chi connectivity index (χ4v) is 4.07. The molecule has 96 valence electrons. The minimum absolute atomic E-state index is 0.168. The highest BCUT2D eigenvalue weighted by molar-refractivity contribution is 7.89. The van der Waals surface area contributed by atoms with E-state index in [4.69, 9.17) is 0 Å². The fourth-order valence-electron chi connectivity index (χ4n) is 2.15. The monoisotopic (exact) mass is 248 g/mol. The molecule has 0 spiro atoms. The van der Waals surface area contributed by atoms with Crippen molar-refractivity contribution in [3.8, 4) is 0 Å². The summed E-state index contributed by atoms with van der Waals surface area (Å²) in [5.74, 6) is 0.271. The molecule has 1 saturated heterocycles. The summed E-state index contributed by atoms with van der Waals surface area (Å²) < 4.78 is 26.0. The van der Waals surface area contributed by atoms with Crippen LogP contribution >= 0.6 is 0 Å².